The number of aromatic nitrogens is 2. The zero-order chi connectivity index (χ0) is 19.1. The lowest BCUT2D eigenvalue weighted by Crippen LogP contribution is -2.46. The van der Waals surface area contributed by atoms with Crippen LogP contribution < -0.4 is 4.74 Å². The predicted molar refractivity (Wildman–Crippen MR) is 109 cm³/mol. The second kappa shape index (κ2) is 7.52. The minimum atomic E-state index is -0.148. The summed E-state index contributed by atoms with van der Waals surface area (Å²) >= 11 is 1.72. The zero-order valence-corrected chi connectivity index (χ0v) is 17.6. The predicted octanol–water partition coefficient (Wildman–Crippen LogP) is 3.56. The van der Waals surface area contributed by atoms with Crippen LogP contribution in [-0.2, 0) is 22.5 Å². The summed E-state index contributed by atoms with van der Waals surface area (Å²) in [6.45, 7) is 8.85. The Morgan fingerprint density at radius 2 is 1.93 bits per heavy atom. The molecule has 2 fully saturated rings. The minimum absolute atomic E-state index is 0.148. The van der Waals surface area contributed by atoms with Crippen LogP contribution in [0.15, 0.2) is 6.33 Å². The third kappa shape index (κ3) is 3.65. The van der Waals surface area contributed by atoms with Crippen molar-refractivity contribution in [3.63, 3.8) is 0 Å². The fourth-order valence-electron chi connectivity index (χ4n) is 4.77. The largest absolute Gasteiger partial charge is 0.474 e. The molecule has 3 aliphatic rings. The van der Waals surface area contributed by atoms with E-state index in [1.807, 2.05) is 0 Å². The van der Waals surface area contributed by atoms with Crippen LogP contribution in [0.25, 0.3) is 10.2 Å². The van der Waals surface area contributed by atoms with Gasteiger partial charge in [-0.1, -0.05) is 0 Å². The summed E-state index contributed by atoms with van der Waals surface area (Å²) in [6.07, 6.45) is 7.35. The van der Waals surface area contributed by atoms with Crippen LogP contribution in [0.1, 0.15) is 50.0 Å². The first-order chi connectivity index (χ1) is 13.6. The number of fused-ring (bicyclic) bond motifs is 3. The van der Waals surface area contributed by atoms with Gasteiger partial charge in [-0.2, -0.15) is 0 Å². The molecule has 7 heteroatoms. The number of nitrogens with zero attached hydrogens (tertiary/aromatic N) is 3. The van der Waals surface area contributed by atoms with Gasteiger partial charge in [-0.05, 0) is 45.1 Å². The molecule has 1 aliphatic carbocycles. The molecule has 0 spiro atoms. The van der Waals surface area contributed by atoms with Crippen molar-refractivity contribution in [2.45, 2.75) is 70.3 Å². The highest BCUT2D eigenvalue weighted by Gasteiger charge is 2.32. The summed E-state index contributed by atoms with van der Waals surface area (Å²) in [5.74, 6) is 0.773. The Hall–Kier alpha value is -1.28. The summed E-state index contributed by atoms with van der Waals surface area (Å²) in [7, 11) is 0. The van der Waals surface area contributed by atoms with E-state index in [0.717, 1.165) is 61.7 Å². The van der Waals surface area contributed by atoms with Crippen molar-refractivity contribution in [2.24, 2.45) is 0 Å². The number of hydrogen-bond donors (Lipinski definition) is 0. The van der Waals surface area contributed by atoms with E-state index in [9.17, 15) is 0 Å². The van der Waals surface area contributed by atoms with Crippen molar-refractivity contribution >= 4 is 21.6 Å². The van der Waals surface area contributed by atoms with Crippen molar-refractivity contribution in [1.82, 2.24) is 14.9 Å². The molecule has 4 heterocycles. The van der Waals surface area contributed by atoms with Gasteiger partial charge >= 0.3 is 0 Å². The van der Waals surface area contributed by atoms with E-state index in [-0.39, 0.29) is 11.7 Å². The quantitative estimate of drug-likeness (QED) is 0.781. The standard InChI is InChI=1S/C21H29N3O3S/c1-21(2)11-16-17(12-26-21)28-20-18(16)19(22-13-23-20)27-15-5-3-14(4-6-15)24-7-9-25-10-8-24/h13-15H,3-12H2,1-2H3/t14-,15-. The molecular formula is C21H29N3O3S. The van der Waals surface area contributed by atoms with E-state index in [1.54, 1.807) is 17.7 Å². The number of hydrogen-bond acceptors (Lipinski definition) is 7. The molecule has 0 bridgehead atoms. The Morgan fingerprint density at radius 1 is 1.14 bits per heavy atom. The maximum atomic E-state index is 6.47. The summed E-state index contributed by atoms with van der Waals surface area (Å²) < 4.78 is 18.0. The summed E-state index contributed by atoms with van der Waals surface area (Å²) in [4.78, 5) is 14.0. The van der Waals surface area contributed by atoms with Gasteiger partial charge in [0.05, 0.1) is 30.8 Å². The molecule has 0 atom stereocenters. The van der Waals surface area contributed by atoms with Gasteiger partial charge in [-0.15, -0.1) is 11.3 Å². The lowest BCUT2D eigenvalue weighted by atomic mass is 9.91. The molecule has 0 N–H and O–H groups in total. The second-order valence-corrected chi connectivity index (χ2v) is 9.87. The molecule has 0 radical (unpaired) electrons. The lowest BCUT2D eigenvalue weighted by molar-refractivity contribution is -0.0379. The topological polar surface area (TPSA) is 56.7 Å². The molecule has 0 unspecified atom stereocenters. The molecule has 1 saturated heterocycles. The number of morpholine rings is 1. The normalized spacial score (nSPS) is 28.2. The van der Waals surface area contributed by atoms with Gasteiger partial charge in [0.15, 0.2) is 0 Å². The van der Waals surface area contributed by atoms with Crippen LogP contribution in [0.5, 0.6) is 5.88 Å². The van der Waals surface area contributed by atoms with Gasteiger partial charge in [0.1, 0.15) is 17.3 Å². The first-order valence-corrected chi connectivity index (χ1v) is 11.3. The first-order valence-electron chi connectivity index (χ1n) is 10.5. The van der Waals surface area contributed by atoms with Crippen LogP contribution in [0.3, 0.4) is 0 Å². The monoisotopic (exact) mass is 403 g/mol. The van der Waals surface area contributed by atoms with Crippen LogP contribution in [-0.4, -0.2) is 58.9 Å². The highest BCUT2D eigenvalue weighted by atomic mass is 32.1. The molecule has 5 rings (SSSR count). The van der Waals surface area contributed by atoms with Crippen LogP contribution in [0, 0.1) is 0 Å². The molecule has 152 valence electrons. The molecule has 2 aromatic rings. The highest BCUT2D eigenvalue weighted by Crippen LogP contribution is 2.41. The first kappa shape index (κ1) is 18.7. The van der Waals surface area contributed by atoms with Crippen molar-refractivity contribution < 1.29 is 14.2 Å². The fraction of sp³-hybridized carbons (Fsp3) is 0.714. The van der Waals surface area contributed by atoms with E-state index in [0.29, 0.717) is 12.6 Å². The number of ether oxygens (including phenoxy) is 3. The molecule has 6 nitrogen and oxygen atoms in total. The van der Waals surface area contributed by atoms with Gasteiger partial charge in [-0.3, -0.25) is 4.90 Å². The van der Waals surface area contributed by atoms with Crippen molar-refractivity contribution in [2.75, 3.05) is 26.3 Å². The van der Waals surface area contributed by atoms with Crippen molar-refractivity contribution in [3.8, 4) is 5.88 Å². The SMILES string of the molecule is CC1(C)Cc2c(sc3ncnc(O[C@H]4CC[C@H](N5CCOCC5)CC4)c23)CO1. The van der Waals surface area contributed by atoms with Gasteiger partial charge in [0, 0.05) is 30.4 Å². The third-order valence-electron chi connectivity index (χ3n) is 6.32. The average molecular weight is 404 g/mol. The fourth-order valence-corrected chi connectivity index (χ4v) is 5.83. The Bertz CT molecular complexity index is 839. The van der Waals surface area contributed by atoms with E-state index >= 15 is 0 Å². The van der Waals surface area contributed by atoms with E-state index in [1.165, 1.54) is 23.3 Å². The summed E-state index contributed by atoms with van der Waals surface area (Å²) in [6, 6.07) is 0.682. The van der Waals surface area contributed by atoms with Gasteiger partial charge < -0.3 is 14.2 Å². The molecule has 2 aromatic heterocycles. The maximum absolute atomic E-state index is 6.47. The van der Waals surface area contributed by atoms with Gasteiger partial charge in [-0.25, -0.2) is 9.97 Å². The van der Waals surface area contributed by atoms with Crippen LogP contribution in [0.4, 0.5) is 0 Å². The van der Waals surface area contributed by atoms with Crippen molar-refractivity contribution in [3.05, 3.63) is 16.8 Å². The Labute approximate surface area is 170 Å². The minimum Gasteiger partial charge on any atom is -0.474 e. The zero-order valence-electron chi connectivity index (χ0n) is 16.8. The number of thiophene rings is 1. The Morgan fingerprint density at radius 3 is 2.71 bits per heavy atom. The van der Waals surface area contributed by atoms with Gasteiger partial charge in [0.25, 0.3) is 0 Å². The molecule has 2 aliphatic heterocycles. The van der Waals surface area contributed by atoms with Gasteiger partial charge in [0.2, 0.25) is 5.88 Å². The van der Waals surface area contributed by atoms with Crippen molar-refractivity contribution in [1.29, 1.82) is 0 Å². The maximum Gasteiger partial charge on any atom is 0.225 e. The molecular weight excluding hydrogens is 374 g/mol. The Balaban J connectivity index is 1.31. The van der Waals surface area contributed by atoms with E-state index < -0.39 is 0 Å². The van der Waals surface area contributed by atoms with Crippen LogP contribution >= 0.6 is 11.3 Å². The Kier molecular flexibility index (Phi) is 5.03. The second-order valence-electron chi connectivity index (χ2n) is 8.78. The molecule has 0 amide bonds. The lowest BCUT2D eigenvalue weighted by Gasteiger charge is -2.38. The smallest absolute Gasteiger partial charge is 0.225 e. The number of rotatable bonds is 3. The summed E-state index contributed by atoms with van der Waals surface area (Å²) in [5.41, 5.74) is 1.18. The molecule has 1 saturated carbocycles. The average Bonchev–Trinajstić information content (AvgIpc) is 3.07. The molecule has 0 aromatic carbocycles. The van der Waals surface area contributed by atoms with E-state index in [2.05, 4.69) is 28.7 Å². The van der Waals surface area contributed by atoms with Crippen LogP contribution in [0.2, 0.25) is 0 Å². The van der Waals surface area contributed by atoms with E-state index in [4.69, 9.17) is 14.2 Å². The third-order valence-corrected chi connectivity index (χ3v) is 7.43. The highest BCUT2D eigenvalue weighted by molar-refractivity contribution is 7.18. The molecule has 28 heavy (non-hydrogen) atoms. The summed E-state index contributed by atoms with van der Waals surface area (Å²) in [5, 5.41) is 1.12.